The SMILES string of the molecule is COCc1ccccc1-c1ccc(CNC(C)C)s1. The third-order valence-corrected chi connectivity index (χ3v) is 4.05. The van der Waals surface area contributed by atoms with E-state index >= 15 is 0 Å². The molecule has 0 radical (unpaired) electrons. The van der Waals surface area contributed by atoms with Gasteiger partial charge in [0.05, 0.1) is 6.61 Å². The Morgan fingerprint density at radius 2 is 1.95 bits per heavy atom. The number of thiophene rings is 1. The van der Waals surface area contributed by atoms with Crippen molar-refractivity contribution in [3.8, 4) is 10.4 Å². The van der Waals surface area contributed by atoms with Gasteiger partial charge in [-0.25, -0.2) is 0 Å². The maximum atomic E-state index is 5.27. The molecule has 0 unspecified atom stereocenters. The minimum absolute atomic E-state index is 0.520. The van der Waals surface area contributed by atoms with Crippen molar-refractivity contribution in [1.82, 2.24) is 5.32 Å². The Morgan fingerprint density at radius 3 is 2.68 bits per heavy atom. The molecule has 0 aliphatic rings. The molecule has 19 heavy (non-hydrogen) atoms. The van der Waals surface area contributed by atoms with Crippen LogP contribution in [0.5, 0.6) is 0 Å². The topological polar surface area (TPSA) is 21.3 Å². The van der Waals surface area contributed by atoms with Crippen molar-refractivity contribution in [2.75, 3.05) is 7.11 Å². The highest BCUT2D eigenvalue weighted by atomic mass is 32.1. The lowest BCUT2D eigenvalue weighted by Gasteiger charge is -2.07. The van der Waals surface area contributed by atoms with Gasteiger partial charge < -0.3 is 10.1 Å². The highest BCUT2D eigenvalue weighted by Crippen LogP contribution is 2.31. The lowest BCUT2D eigenvalue weighted by Crippen LogP contribution is -2.21. The van der Waals surface area contributed by atoms with E-state index in [-0.39, 0.29) is 0 Å². The van der Waals surface area contributed by atoms with E-state index in [0.717, 1.165) is 6.54 Å². The normalized spacial score (nSPS) is 11.2. The van der Waals surface area contributed by atoms with Crippen molar-refractivity contribution in [2.45, 2.75) is 33.0 Å². The Morgan fingerprint density at radius 1 is 1.16 bits per heavy atom. The molecule has 1 heterocycles. The maximum Gasteiger partial charge on any atom is 0.0719 e. The Labute approximate surface area is 119 Å². The zero-order valence-electron chi connectivity index (χ0n) is 11.8. The summed E-state index contributed by atoms with van der Waals surface area (Å²) in [4.78, 5) is 2.68. The first-order chi connectivity index (χ1) is 9.20. The number of methoxy groups -OCH3 is 1. The summed E-state index contributed by atoms with van der Waals surface area (Å²) in [5, 5.41) is 3.45. The van der Waals surface area contributed by atoms with Crippen LogP contribution in [0.4, 0.5) is 0 Å². The Hall–Kier alpha value is -1.16. The van der Waals surface area contributed by atoms with Gasteiger partial charge in [-0.1, -0.05) is 38.1 Å². The molecule has 2 nitrogen and oxygen atoms in total. The lowest BCUT2D eigenvalue weighted by atomic mass is 10.1. The Balaban J connectivity index is 2.18. The van der Waals surface area contributed by atoms with Gasteiger partial charge in [0.2, 0.25) is 0 Å². The van der Waals surface area contributed by atoms with Gasteiger partial charge in [-0.3, -0.25) is 0 Å². The quantitative estimate of drug-likeness (QED) is 0.858. The molecular weight excluding hydrogens is 254 g/mol. The van der Waals surface area contributed by atoms with Crippen LogP contribution >= 0.6 is 11.3 Å². The smallest absolute Gasteiger partial charge is 0.0719 e. The van der Waals surface area contributed by atoms with Gasteiger partial charge in [-0.15, -0.1) is 11.3 Å². The van der Waals surface area contributed by atoms with Crippen molar-refractivity contribution in [3.63, 3.8) is 0 Å². The molecule has 1 aromatic carbocycles. The molecule has 0 atom stereocenters. The van der Waals surface area contributed by atoms with Gasteiger partial charge in [0, 0.05) is 29.5 Å². The number of benzene rings is 1. The van der Waals surface area contributed by atoms with Crippen molar-refractivity contribution < 1.29 is 4.74 Å². The van der Waals surface area contributed by atoms with Crippen molar-refractivity contribution in [3.05, 3.63) is 46.8 Å². The molecule has 0 amide bonds. The maximum absolute atomic E-state index is 5.27. The van der Waals surface area contributed by atoms with Crippen LogP contribution in [0.3, 0.4) is 0 Å². The zero-order valence-corrected chi connectivity index (χ0v) is 12.6. The van der Waals surface area contributed by atoms with Crippen LogP contribution in [0.15, 0.2) is 36.4 Å². The molecule has 0 bridgehead atoms. The molecule has 102 valence electrons. The van der Waals surface area contributed by atoms with Crippen LogP contribution in [0.1, 0.15) is 24.3 Å². The fourth-order valence-corrected chi connectivity index (χ4v) is 2.98. The predicted molar refractivity (Wildman–Crippen MR) is 82.4 cm³/mol. The fraction of sp³-hybridized carbons (Fsp3) is 0.375. The zero-order chi connectivity index (χ0) is 13.7. The summed E-state index contributed by atoms with van der Waals surface area (Å²) in [5.41, 5.74) is 2.53. The van der Waals surface area contributed by atoms with Gasteiger partial charge in [0.15, 0.2) is 0 Å². The van der Waals surface area contributed by atoms with E-state index < -0.39 is 0 Å². The van der Waals surface area contributed by atoms with E-state index in [1.807, 2.05) is 11.3 Å². The third-order valence-electron chi connectivity index (χ3n) is 2.93. The first-order valence-corrected chi connectivity index (χ1v) is 7.41. The molecule has 1 N–H and O–H groups in total. The largest absolute Gasteiger partial charge is 0.380 e. The van der Waals surface area contributed by atoms with Crippen LogP contribution in [0.2, 0.25) is 0 Å². The summed E-state index contributed by atoms with van der Waals surface area (Å²) in [7, 11) is 1.74. The minimum atomic E-state index is 0.520. The third kappa shape index (κ3) is 3.90. The summed E-state index contributed by atoms with van der Waals surface area (Å²) in [5.74, 6) is 0. The second kappa shape index (κ2) is 6.85. The van der Waals surface area contributed by atoms with Crippen LogP contribution in [0, 0.1) is 0 Å². The van der Waals surface area contributed by atoms with Crippen LogP contribution < -0.4 is 5.32 Å². The van der Waals surface area contributed by atoms with Crippen molar-refractivity contribution in [2.24, 2.45) is 0 Å². The van der Waals surface area contributed by atoms with E-state index in [2.05, 4.69) is 55.6 Å². The first kappa shape index (κ1) is 14.3. The monoisotopic (exact) mass is 275 g/mol. The number of hydrogen-bond acceptors (Lipinski definition) is 3. The summed E-state index contributed by atoms with van der Waals surface area (Å²) < 4.78 is 5.27. The van der Waals surface area contributed by atoms with Crippen molar-refractivity contribution in [1.29, 1.82) is 0 Å². The van der Waals surface area contributed by atoms with Gasteiger partial charge in [-0.05, 0) is 23.3 Å². The second-order valence-electron chi connectivity index (χ2n) is 4.89. The average molecular weight is 275 g/mol. The van der Waals surface area contributed by atoms with Gasteiger partial charge in [-0.2, -0.15) is 0 Å². The summed E-state index contributed by atoms with van der Waals surface area (Å²) in [6.45, 7) is 5.94. The standard InChI is InChI=1S/C16H21NOS/c1-12(2)17-10-14-8-9-16(19-14)15-7-5-4-6-13(15)11-18-3/h4-9,12,17H,10-11H2,1-3H3. The molecule has 1 aromatic heterocycles. The van der Waals surface area contributed by atoms with Crippen LogP contribution in [-0.4, -0.2) is 13.2 Å². The molecule has 0 aliphatic heterocycles. The molecule has 3 heteroatoms. The van der Waals surface area contributed by atoms with E-state index in [9.17, 15) is 0 Å². The lowest BCUT2D eigenvalue weighted by molar-refractivity contribution is 0.185. The van der Waals surface area contributed by atoms with E-state index in [1.54, 1.807) is 7.11 Å². The highest BCUT2D eigenvalue weighted by Gasteiger charge is 2.07. The predicted octanol–water partition coefficient (Wildman–Crippen LogP) is 4.06. The average Bonchev–Trinajstić information content (AvgIpc) is 2.86. The van der Waals surface area contributed by atoms with Gasteiger partial charge in [0.25, 0.3) is 0 Å². The second-order valence-corrected chi connectivity index (χ2v) is 6.06. The van der Waals surface area contributed by atoms with E-state index in [1.165, 1.54) is 20.9 Å². The Bertz CT molecular complexity index is 519. The molecule has 0 saturated heterocycles. The van der Waals surface area contributed by atoms with Gasteiger partial charge in [0.1, 0.15) is 0 Å². The molecule has 0 fully saturated rings. The van der Waals surface area contributed by atoms with E-state index in [0.29, 0.717) is 12.6 Å². The number of ether oxygens (including phenoxy) is 1. The summed E-state index contributed by atoms with van der Waals surface area (Å²) >= 11 is 1.85. The minimum Gasteiger partial charge on any atom is -0.380 e. The summed E-state index contributed by atoms with van der Waals surface area (Å²) in [6.07, 6.45) is 0. The molecular formula is C16H21NOS. The fourth-order valence-electron chi connectivity index (χ4n) is 1.96. The van der Waals surface area contributed by atoms with Gasteiger partial charge >= 0.3 is 0 Å². The van der Waals surface area contributed by atoms with Crippen LogP contribution in [-0.2, 0) is 17.9 Å². The van der Waals surface area contributed by atoms with E-state index in [4.69, 9.17) is 4.74 Å². The molecule has 2 rings (SSSR count). The Kier molecular flexibility index (Phi) is 5.14. The first-order valence-electron chi connectivity index (χ1n) is 6.60. The molecule has 0 saturated carbocycles. The molecule has 0 spiro atoms. The summed E-state index contributed by atoms with van der Waals surface area (Å²) in [6, 6.07) is 13.4. The van der Waals surface area contributed by atoms with Crippen molar-refractivity contribution >= 4 is 11.3 Å². The highest BCUT2D eigenvalue weighted by molar-refractivity contribution is 7.15. The molecule has 2 aromatic rings. The molecule has 0 aliphatic carbocycles. The number of hydrogen-bond donors (Lipinski definition) is 1. The number of rotatable bonds is 6. The van der Waals surface area contributed by atoms with Crippen LogP contribution in [0.25, 0.3) is 10.4 Å². The number of nitrogens with one attached hydrogen (secondary N) is 1.